The van der Waals surface area contributed by atoms with Gasteiger partial charge in [0.2, 0.25) is 0 Å². The van der Waals surface area contributed by atoms with E-state index in [1.165, 1.54) is 0 Å². The van der Waals surface area contributed by atoms with Gasteiger partial charge in [0, 0.05) is 13.1 Å². The molecule has 0 aromatic rings. The Labute approximate surface area is 84.5 Å². The summed E-state index contributed by atoms with van der Waals surface area (Å²) in [5.41, 5.74) is 0. The number of nitrogens with zero attached hydrogens (tertiary/aromatic N) is 1. The second-order valence-electron chi connectivity index (χ2n) is 2.71. The zero-order valence-corrected chi connectivity index (χ0v) is 7.92. The van der Waals surface area contributed by atoms with E-state index in [9.17, 15) is 18.0 Å². The molecule has 0 aliphatic rings. The van der Waals surface area contributed by atoms with Crippen molar-refractivity contribution in [2.24, 2.45) is 0 Å². The third-order valence-electron chi connectivity index (χ3n) is 1.47. The predicted molar refractivity (Wildman–Crippen MR) is 45.2 cm³/mol. The summed E-state index contributed by atoms with van der Waals surface area (Å²) in [6, 6.07) is -0.963. The van der Waals surface area contributed by atoms with Crippen LogP contribution in [0.2, 0.25) is 0 Å². The highest BCUT2D eigenvalue weighted by Gasteiger charge is 2.28. The van der Waals surface area contributed by atoms with Crippen molar-refractivity contribution in [3.63, 3.8) is 0 Å². The first kappa shape index (κ1) is 14.0. The monoisotopic (exact) mass is 230 g/mol. The molecule has 0 fully saturated rings. The molecule has 5 nitrogen and oxygen atoms in total. The lowest BCUT2D eigenvalue weighted by Crippen LogP contribution is -2.45. The maximum atomic E-state index is 11.7. The van der Waals surface area contributed by atoms with Crippen LogP contribution >= 0.6 is 0 Å². The number of hydrogen-bond acceptors (Lipinski definition) is 3. The fourth-order valence-electron chi connectivity index (χ4n) is 0.844. The molecule has 0 rings (SSSR count). The smallest absolute Gasteiger partial charge is 0.395 e. The van der Waals surface area contributed by atoms with Crippen LogP contribution in [0.3, 0.4) is 0 Å². The van der Waals surface area contributed by atoms with Crippen LogP contribution in [0.5, 0.6) is 0 Å². The molecule has 15 heavy (non-hydrogen) atoms. The van der Waals surface area contributed by atoms with Crippen LogP contribution in [-0.2, 0) is 0 Å². The Morgan fingerprint density at radius 2 is 1.67 bits per heavy atom. The molecule has 0 aromatic carbocycles. The minimum atomic E-state index is -4.47. The summed E-state index contributed by atoms with van der Waals surface area (Å²) in [6.45, 7) is -2.42. The molecule has 2 amide bonds. The van der Waals surface area contributed by atoms with E-state index in [0.29, 0.717) is 0 Å². The van der Waals surface area contributed by atoms with Gasteiger partial charge in [-0.3, -0.25) is 0 Å². The van der Waals surface area contributed by atoms with E-state index in [2.05, 4.69) is 0 Å². The number of nitrogens with one attached hydrogen (secondary N) is 1. The third kappa shape index (κ3) is 6.97. The van der Waals surface area contributed by atoms with Gasteiger partial charge < -0.3 is 20.4 Å². The van der Waals surface area contributed by atoms with E-state index in [-0.39, 0.29) is 26.3 Å². The van der Waals surface area contributed by atoms with E-state index in [1.54, 1.807) is 5.32 Å². The highest BCUT2D eigenvalue weighted by atomic mass is 19.4. The molecule has 8 heteroatoms. The largest absolute Gasteiger partial charge is 0.405 e. The molecule has 0 spiro atoms. The normalized spacial score (nSPS) is 11.3. The van der Waals surface area contributed by atoms with Crippen molar-refractivity contribution in [2.45, 2.75) is 6.18 Å². The second kappa shape index (κ2) is 6.46. The van der Waals surface area contributed by atoms with Gasteiger partial charge in [-0.15, -0.1) is 0 Å². The number of halogens is 3. The lowest BCUT2D eigenvalue weighted by molar-refractivity contribution is -0.123. The first-order valence-corrected chi connectivity index (χ1v) is 4.22. The predicted octanol–water partition coefficient (Wildman–Crippen LogP) is -0.455. The summed E-state index contributed by atoms with van der Waals surface area (Å²) >= 11 is 0. The summed E-state index contributed by atoms with van der Waals surface area (Å²) in [5.74, 6) is 0. The van der Waals surface area contributed by atoms with Gasteiger partial charge in [-0.05, 0) is 0 Å². The fourth-order valence-corrected chi connectivity index (χ4v) is 0.844. The van der Waals surface area contributed by atoms with Crippen LogP contribution in [0, 0.1) is 0 Å². The maximum absolute atomic E-state index is 11.7. The van der Waals surface area contributed by atoms with Crippen LogP contribution in [0.4, 0.5) is 18.0 Å². The van der Waals surface area contributed by atoms with Crippen molar-refractivity contribution in [1.29, 1.82) is 0 Å². The number of hydrogen-bond donors (Lipinski definition) is 3. The molecule has 0 saturated heterocycles. The van der Waals surface area contributed by atoms with Crippen LogP contribution in [0.1, 0.15) is 0 Å². The van der Waals surface area contributed by atoms with E-state index >= 15 is 0 Å². The molecule has 0 atom stereocenters. The summed E-state index contributed by atoms with van der Waals surface area (Å²) < 4.78 is 35.2. The van der Waals surface area contributed by atoms with Gasteiger partial charge in [-0.2, -0.15) is 13.2 Å². The van der Waals surface area contributed by atoms with E-state index < -0.39 is 18.8 Å². The molecule has 3 N–H and O–H groups in total. The lowest BCUT2D eigenvalue weighted by Gasteiger charge is -2.21. The summed E-state index contributed by atoms with van der Waals surface area (Å²) in [6.07, 6.45) is -4.47. The Bertz CT molecular complexity index is 192. The molecule has 0 aliphatic heterocycles. The number of carbonyl (C=O) groups is 1. The Balaban J connectivity index is 4.02. The second-order valence-corrected chi connectivity index (χ2v) is 2.71. The molecule has 90 valence electrons. The molecular formula is C7H13F3N2O3. The molecule has 0 heterocycles. The highest BCUT2D eigenvalue weighted by Crippen LogP contribution is 2.12. The van der Waals surface area contributed by atoms with Gasteiger partial charge in [0.1, 0.15) is 6.54 Å². The van der Waals surface area contributed by atoms with Crippen molar-refractivity contribution in [3.05, 3.63) is 0 Å². The topological polar surface area (TPSA) is 72.8 Å². The first-order chi connectivity index (χ1) is 6.90. The summed E-state index contributed by atoms with van der Waals surface area (Å²) in [4.78, 5) is 12.0. The van der Waals surface area contributed by atoms with E-state index in [0.717, 1.165) is 4.90 Å². The number of aliphatic hydroxyl groups excluding tert-OH is 2. The van der Waals surface area contributed by atoms with Gasteiger partial charge >= 0.3 is 12.2 Å². The number of carbonyl (C=O) groups excluding carboxylic acids is 1. The molecular weight excluding hydrogens is 217 g/mol. The van der Waals surface area contributed by atoms with Gasteiger partial charge in [0.15, 0.2) is 0 Å². The number of rotatable bonds is 5. The Morgan fingerprint density at radius 3 is 2.00 bits per heavy atom. The standard InChI is InChI=1S/C7H13F3N2O3/c8-7(9,10)5-11-6(15)12(1-3-13)2-4-14/h13-14H,1-5H2,(H,11,15). The highest BCUT2D eigenvalue weighted by molar-refractivity contribution is 5.74. The van der Waals surface area contributed by atoms with Gasteiger partial charge in [-0.1, -0.05) is 0 Å². The lowest BCUT2D eigenvalue weighted by atomic mass is 10.5. The Kier molecular flexibility index (Phi) is 6.02. The summed E-state index contributed by atoms with van der Waals surface area (Å²) in [5, 5.41) is 18.7. The molecule has 0 saturated carbocycles. The number of amides is 2. The van der Waals surface area contributed by atoms with Gasteiger partial charge in [-0.25, -0.2) is 4.79 Å². The van der Waals surface area contributed by atoms with Gasteiger partial charge in [0.25, 0.3) is 0 Å². The Morgan fingerprint density at radius 1 is 1.20 bits per heavy atom. The Hall–Kier alpha value is -1.02. The maximum Gasteiger partial charge on any atom is 0.405 e. The number of urea groups is 1. The van der Waals surface area contributed by atoms with E-state index in [4.69, 9.17) is 10.2 Å². The number of aliphatic hydroxyl groups is 2. The van der Waals surface area contributed by atoms with Crippen LogP contribution < -0.4 is 5.32 Å². The molecule has 0 bridgehead atoms. The zero-order chi connectivity index (χ0) is 11.9. The molecule has 0 unspecified atom stereocenters. The third-order valence-corrected chi connectivity index (χ3v) is 1.47. The van der Waals surface area contributed by atoms with Crippen LogP contribution in [0.25, 0.3) is 0 Å². The van der Waals surface area contributed by atoms with Gasteiger partial charge in [0.05, 0.1) is 13.2 Å². The number of alkyl halides is 3. The molecule has 0 aromatic heterocycles. The van der Waals surface area contributed by atoms with Crippen molar-refractivity contribution in [1.82, 2.24) is 10.2 Å². The molecule has 0 radical (unpaired) electrons. The van der Waals surface area contributed by atoms with Crippen LogP contribution in [-0.4, -0.2) is 60.2 Å². The SMILES string of the molecule is O=C(NCC(F)(F)F)N(CCO)CCO. The van der Waals surface area contributed by atoms with Crippen molar-refractivity contribution >= 4 is 6.03 Å². The van der Waals surface area contributed by atoms with Crippen LogP contribution in [0.15, 0.2) is 0 Å². The average molecular weight is 230 g/mol. The van der Waals surface area contributed by atoms with Crippen molar-refractivity contribution in [3.8, 4) is 0 Å². The van der Waals surface area contributed by atoms with Crippen molar-refractivity contribution < 1.29 is 28.2 Å². The zero-order valence-electron chi connectivity index (χ0n) is 7.92. The summed E-state index contributed by atoms with van der Waals surface area (Å²) in [7, 11) is 0. The molecule has 0 aliphatic carbocycles. The van der Waals surface area contributed by atoms with Crippen molar-refractivity contribution in [2.75, 3.05) is 32.8 Å². The average Bonchev–Trinajstić information content (AvgIpc) is 2.13. The minimum absolute atomic E-state index is 0.121. The first-order valence-electron chi connectivity index (χ1n) is 4.22. The fraction of sp³-hybridized carbons (Fsp3) is 0.857. The minimum Gasteiger partial charge on any atom is -0.395 e. The van der Waals surface area contributed by atoms with E-state index in [1.807, 2.05) is 0 Å². The quantitative estimate of drug-likeness (QED) is 0.598.